The third-order valence-corrected chi connectivity index (χ3v) is 10.7. The zero-order valence-electron chi connectivity index (χ0n) is 26.8. The first-order valence-corrected chi connectivity index (χ1v) is 17.3. The molecule has 0 unspecified atom stereocenters. The van der Waals surface area contributed by atoms with Crippen molar-refractivity contribution < 1.29 is 18.0 Å². The first-order chi connectivity index (χ1) is 23.5. The zero-order valence-corrected chi connectivity index (χ0v) is 27.7. The molecule has 2 aromatic carbocycles. The van der Waals surface area contributed by atoms with E-state index in [0.29, 0.717) is 46.9 Å². The van der Waals surface area contributed by atoms with Crippen LogP contribution < -0.4 is 22.2 Å². The van der Waals surface area contributed by atoms with Gasteiger partial charge in [0.15, 0.2) is 5.16 Å². The van der Waals surface area contributed by atoms with Crippen molar-refractivity contribution in [2.45, 2.75) is 80.0 Å². The van der Waals surface area contributed by atoms with E-state index in [4.69, 9.17) is 10.7 Å². The summed E-state index contributed by atoms with van der Waals surface area (Å²) >= 11 is 1.65. The second kappa shape index (κ2) is 14.6. The fraction of sp³-hybridized carbons (Fsp3) is 0.400. The molecule has 0 saturated heterocycles. The summed E-state index contributed by atoms with van der Waals surface area (Å²) in [5, 5.41) is 4.60. The number of nitrogens with one attached hydrogen (secondary N) is 2. The molecule has 0 bridgehead atoms. The Bertz CT molecular complexity index is 1870. The van der Waals surface area contributed by atoms with Crippen LogP contribution in [0.2, 0.25) is 0 Å². The number of nitrogens with two attached hydrogens (primary N) is 1. The van der Waals surface area contributed by atoms with Gasteiger partial charge in [-0.3, -0.25) is 19.0 Å². The number of anilines is 1. The van der Waals surface area contributed by atoms with Gasteiger partial charge in [0.05, 0.1) is 35.4 Å². The molecular formula is C35H38F3N7O3S. The number of halogens is 3. The van der Waals surface area contributed by atoms with Crippen LogP contribution in [0.25, 0.3) is 5.69 Å². The van der Waals surface area contributed by atoms with Crippen molar-refractivity contribution in [3.8, 4) is 5.69 Å². The Balaban J connectivity index is 0.000000531. The fourth-order valence-corrected chi connectivity index (χ4v) is 7.50. The number of benzene rings is 2. The van der Waals surface area contributed by atoms with Crippen LogP contribution in [0.1, 0.15) is 67.3 Å². The van der Waals surface area contributed by atoms with Crippen LogP contribution >= 0.6 is 11.8 Å². The van der Waals surface area contributed by atoms with Gasteiger partial charge < -0.3 is 20.9 Å². The van der Waals surface area contributed by atoms with Crippen LogP contribution in [0.4, 0.5) is 18.9 Å². The highest BCUT2D eigenvalue weighted by molar-refractivity contribution is 7.99. The molecule has 3 aliphatic rings. The molecule has 2 fully saturated rings. The lowest BCUT2D eigenvalue weighted by Gasteiger charge is -2.43. The number of nitrogen functional groups attached to an aromatic ring is 1. The van der Waals surface area contributed by atoms with Crippen molar-refractivity contribution in [3.05, 3.63) is 110 Å². The molecule has 2 aromatic heterocycles. The highest BCUT2D eigenvalue weighted by Crippen LogP contribution is 2.42. The fourth-order valence-electron chi connectivity index (χ4n) is 6.18. The van der Waals surface area contributed by atoms with Gasteiger partial charge in [0.25, 0.3) is 11.1 Å². The largest absolute Gasteiger partial charge is 0.416 e. The number of carbonyl (C=O) groups is 1. The molecular weight excluding hydrogens is 655 g/mol. The molecule has 3 heterocycles. The third kappa shape index (κ3) is 7.91. The van der Waals surface area contributed by atoms with Crippen LogP contribution in [-0.4, -0.2) is 48.7 Å². The Morgan fingerprint density at radius 1 is 1.04 bits per heavy atom. The molecule has 14 heteroatoms. The van der Waals surface area contributed by atoms with Gasteiger partial charge in [-0.1, -0.05) is 30.3 Å². The van der Waals surface area contributed by atoms with E-state index < -0.39 is 17.3 Å². The van der Waals surface area contributed by atoms with Gasteiger partial charge in [-0.2, -0.15) is 13.2 Å². The van der Waals surface area contributed by atoms with Crippen molar-refractivity contribution >= 4 is 23.4 Å². The number of amides is 1. The van der Waals surface area contributed by atoms with Crippen LogP contribution in [0.3, 0.4) is 0 Å². The van der Waals surface area contributed by atoms with Gasteiger partial charge >= 0.3 is 6.18 Å². The molecule has 0 spiro atoms. The summed E-state index contributed by atoms with van der Waals surface area (Å²) in [6.07, 6.45) is 5.15. The van der Waals surface area contributed by atoms with Crippen LogP contribution in [-0.2, 0) is 29.5 Å². The number of aromatic amines is 1. The summed E-state index contributed by atoms with van der Waals surface area (Å²) in [6, 6.07) is 13.8. The summed E-state index contributed by atoms with van der Waals surface area (Å²) in [6.45, 7) is 1.09. The number of fused-ring (bicyclic) bond motifs is 1. The van der Waals surface area contributed by atoms with Crippen molar-refractivity contribution in [2.75, 3.05) is 18.8 Å². The molecule has 2 aliphatic carbocycles. The lowest BCUT2D eigenvalue weighted by Crippen LogP contribution is -2.49. The third-order valence-electron chi connectivity index (χ3n) is 9.39. The normalized spacial score (nSPS) is 16.8. The predicted octanol–water partition coefficient (Wildman–Crippen LogP) is 5.19. The molecule has 4 N–H and O–H groups in total. The highest BCUT2D eigenvalue weighted by atomic mass is 32.2. The molecule has 0 radical (unpaired) electrons. The Labute approximate surface area is 285 Å². The van der Waals surface area contributed by atoms with Crippen LogP contribution in [0.15, 0.2) is 81.9 Å². The molecule has 10 nitrogen and oxygen atoms in total. The summed E-state index contributed by atoms with van der Waals surface area (Å²) in [5.74, 6) is -0.0682. The lowest BCUT2D eigenvalue weighted by atomic mass is 9.71. The molecule has 1 amide bonds. The maximum Gasteiger partial charge on any atom is 0.416 e. The minimum absolute atomic E-state index is 0.0682. The smallest absolute Gasteiger partial charge is 0.399 e. The topological polar surface area (TPSA) is 139 Å². The number of nitrogens with zero attached hydrogens (tertiary/aromatic N) is 4. The van der Waals surface area contributed by atoms with E-state index >= 15 is 0 Å². The predicted molar refractivity (Wildman–Crippen MR) is 181 cm³/mol. The van der Waals surface area contributed by atoms with E-state index in [1.165, 1.54) is 37.1 Å². The standard InChI is InChI=1S/C31H34F3N5O2S.C4H4N2O/c32-31(33,34)21-7-5-20(6-8-21)30(15-2-16-30)36-17-13-27(40)38-18-14-26-25(19-38)28(41)39(23-11-9-22(35)10-12-23)29(37-26)42-24-3-1-4-24;7-4-1-2-5-3-6-4/h5-12,24,36H,1-4,13-19,35H2;1-3H,(H,5,6,7). The van der Waals surface area contributed by atoms with Gasteiger partial charge in [0.2, 0.25) is 5.91 Å². The van der Waals surface area contributed by atoms with Gasteiger partial charge in [-0.15, -0.1) is 0 Å². The van der Waals surface area contributed by atoms with E-state index in [1.807, 2.05) is 12.1 Å². The minimum atomic E-state index is -4.37. The van der Waals surface area contributed by atoms with Crippen LogP contribution in [0.5, 0.6) is 0 Å². The average molecular weight is 694 g/mol. The Hall–Kier alpha value is -4.43. The van der Waals surface area contributed by atoms with E-state index in [9.17, 15) is 27.6 Å². The van der Waals surface area contributed by atoms with E-state index in [2.05, 4.69) is 15.3 Å². The summed E-state index contributed by atoms with van der Waals surface area (Å²) in [4.78, 5) is 49.9. The summed E-state index contributed by atoms with van der Waals surface area (Å²) < 4.78 is 40.7. The number of thioether (sulfide) groups is 1. The number of aromatic nitrogens is 4. The molecule has 0 atom stereocenters. The maximum atomic E-state index is 13.9. The number of hydrogen-bond donors (Lipinski definition) is 3. The van der Waals surface area contributed by atoms with Crippen molar-refractivity contribution in [1.29, 1.82) is 0 Å². The summed E-state index contributed by atoms with van der Waals surface area (Å²) in [7, 11) is 0. The van der Waals surface area contributed by atoms with Gasteiger partial charge in [0.1, 0.15) is 0 Å². The first-order valence-electron chi connectivity index (χ1n) is 16.4. The Morgan fingerprint density at radius 2 is 1.78 bits per heavy atom. The Kier molecular flexibility index (Phi) is 10.3. The molecule has 4 aromatic rings. The molecule has 1 aliphatic heterocycles. The number of hydrogen-bond acceptors (Lipinski definition) is 8. The zero-order chi connectivity index (χ0) is 34.6. The number of alkyl halides is 3. The minimum Gasteiger partial charge on any atom is -0.399 e. The Morgan fingerprint density at radius 3 is 2.33 bits per heavy atom. The molecule has 7 rings (SSSR count). The maximum absolute atomic E-state index is 13.9. The number of H-pyrrole nitrogens is 1. The quantitative estimate of drug-likeness (QED) is 0.169. The number of carbonyl (C=O) groups excluding carboxylic acids is 1. The second-order valence-electron chi connectivity index (χ2n) is 12.6. The SMILES string of the molecule is Nc1ccc(-n2c(SC3CCC3)nc3c(c2=O)CN(C(=O)CCNC2(c4ccc(C(F)(F)F)cc4)CCC2)CC3)cc1.O=c1ccnc[nH]1. The van der Waals surface area contributed by atoms with E-state index in [-0.39, 0.29) is 30.0 Å². The van der Waals surface area contributed by atoms with Crippen molar-refractivity contribution in [3.63, 3.8) is 0 Å². The molecule has 49 heavy (non-hydrogen) atoms. The molecule has 2 saturated carbocycles. The monoisotopic (exact) mass is 693 g/mol. The molecule has 258 valence electrons. The van der Waals surface area contributed by atoms with E-state index in [0.717, 1.165) is 55.5 Å². The summed E-state index contributed by atoms with van der Waals surface area (Å²) in [5.41, 5.74) is 7.96. The number of rotatable bonds is 8. The van der Waals surface area contributed by atoms with E-state index in [1.54, 1.807) is 33.4 Å². The van der Waals surface area contributed by atoms with Crippen molar-refractivity contribution in [2.24, 2.45) is 0 Å². The highest BCUT2D eigenvalue weighted by Gasteiger charge is 2.39. The lowest BCUT2D eigenvalue weighted by molar-refractivity contribution is -0.137. The van der Waals surface area contributed by atoms with Gasteiger partial charge in [-0.25, -0.2) is 9.97 Å². The van der Waals surface area contributed by atoms with Crippen LogP contribution in [0, 0.1) is 0 Å². The van der Waals surface area contributed by atoms with Crippen molar-refractivity contribution in [1.82, 2.24) is 29.7 Å². The second-order valence-corrected chi connectivity index (χ2v) is 13.8. The van der Waals surface area contributed by atoms with Gasteiger partial charge in [0, 0.05) is 54.7 Å². The van der Waals surface area contributed by atoms with Gasteiger partial charge in [-0.05, 0) is 74.1 Å². The average Bonchev–Trinajstić information content (AvgIpc) is 3.05. The first kappa shape index (κ1) is 34.4.